The first-order valence-corrected chi connectivity index (χ1v) is 5.61. The zero-order valence-corrected chi connectivity index (χ0v) is 9.66. The van der Waals surface area contributed by atoms with E-state index >= 15 is 0 Å². The van der Waals surface area contributed by atoms with Crippen LogP contribution in [0.4, 0.5) is 4.39 Å². The number of carbonyl (C=O) groups is 1. The molecule has 0 aliphatic carbocycles. The van der Waals surface area contributed by atoms with Gasteiger partial charge in [0, 0.05) is 5.56 Å². The summed E-state index contributed by atoms with van der Waals surface area (Å²) in [4.78, 5) is 12.4. The van der Waals surface area contributed by atoms with E-state index in [0.717, 1.165) is 0 Å². The molecule has 0 saturated carbocycles. The molecule has 16 heavy (non-hydrogen) atoms. The summed E-state index contributed by atoms with van der Waals surface area (Å²) in [7, 11) is 2.19. The number of hydrogen-bond acceptors (Lipinski definition) is 2. The minimum Gasteiger partial charge on any atom is -0.306 e. The average molecular weight is 223 g/mol. The van der Waals surface area contributed by atoms with Crippen LogP contribution in [0.2, 0.25) is 0 Å². The van der Waals surface area contributed by atoms with Gasteiger partial charge in [-0.05, 0) is 57.2 Å². The normalized spacial score (nSPS) is 16.1. The molecule has 1 aliphatic rings. The second kappa shape index (κ2) is 7.12. The van der Waals surface area contributed by atoms with Gasteiger partial charge < -0.3 is 4.90 Å². The van der Waals surface area contributed by atoms with Gasteiger partial charge in [-0.3, -0.25) is 4.79 Å². The van der Waals surface area contributed by atoms with Gasteiger partial charge in [0.15, 0.2) is 0 Å². The van der Waals surface area contributed by atoms with Gasteiger partial charge in [-0.25, -0.2) is 4.39 Å². The summed E-state index contributed by atoms with van der Waals surface area (Å²) < 4.78 is 12.1. The molecule has 88 valence electrons. The number of hydrogen-bond donors (Lipinski definition) is 0. The standard InChI is InChI=1S/C7H5FO.C6H13N/c8-7-3-1-6(5-9)2-4-7;1-7-5-3-2-4-6-7/h1-5H;2-6H2,1H3. The van der Waals surface area contributed by atoms with Crippen molar-refractivity contribution >= 4 is 6.29 Å². The zero-order chi connectivity index (χ0) is 11.8. The molecular weight excluding hydrogens is 205 g/mol. The number of carbonyl (C=O) groups excluding carboxylic acids is 1. The third-order valence-corrected chi connectivity index (χ3v) is 2.59. The average Bonchev–Trinajstić information content (AvgIpc) is 2.32. The molecule has 0 bridgehead atoms. The van der Waals surface area contributed by atoms with Crippen molar-refractivity contribution in [2.75, 3.05) is 20.1 Å². The van der Waals surface area contributed by atoms with Crippen LogP contribution >= 0.6 is 0 Å². The topological polar surface area (TPSA) is 20.3 Å². The number of aldehydes is 1. The van der Waals surface area contributed by atoms with E-state index in [4.69, 9.17) is 0 Å². The van der Waals surface area contributed by atoms with Crippen molar-refractivity contribution < 1.29 is 9.18 Å². The summed E-state index contributed by atoms with van der Waals surface area (Å²) in [6.07, 6.45) is 4.96. The first-order chi connectivity index (χ1) is 7.72. The highest BCUT2D eigenvalue weighted by Crippen LogP contribution is 2.04. The molecule has 1 heterocycles. The van der Waals surface area contributed by atoms with Crippen molar-refractivity contribution in [2.24, 2.45) is 0 Å². The highest BCUT2D eigenvalue weighted by Gasteiger charge is 2.02. The van der Waals surface area contributed by atoms with Gasteiger partial charge in [-0.2, -0.15) is 0 Å². The summed E-state index contributed by atoms with van der Waals surface area (Å²) in [6.45, 7) is 2.64. The molecule has 1 aromatic carbocycles. The number of rotatable bonds is 1. The Morgan fingerprint density at radius 3 is 2.06 bits per heavy atom. The molecule has 0 amide bonds. The minimum absolute atomic E-state index is 0.319. The largest absolute Gasteiger partial charge is 0.306 e. The molecule has 1 aliphatic heterocycles. The van der Waals surface area contributed by atoms with E-state index in [-0.39, 0.29) is 5.82 Å². The SMILES string of the molecule is CN1CCCCC1.O=Cc1ccc(F)cc1. The van der Waals surface area contributed by atoms with Crippen LogP contribution in [0, 0.1) is 5.82 Å². The van der Waals surface area contributed by atoms with E-state index in [9.17, 15) is 9.18 Å². The van der Waals surface area contributed by atoms with Gasteiger partial charge in [0.1, 0.15) is 12.1 Å². The Hall–Kier alpha value is -1.22. The maximum Gasteiger partial charge on any atom is 0.150 e. The second-order valence-electron chi connectivity index (χ2n) is 4.03. The number of piperidine rings is 1. The van der Waals surface area contributed by atoms with E-state index in [1.807, 2.05) is 0 Å². The van der Waals surface area contributed by atoms with Crippen molar-refractivity contribution in [2.45, 2.75) is 19.3 Å². The Kier molecular flexibility index (Phi) is 5.72. The second-order valence-corrected chi connectivity index (χ2v) is 4.03. The van der Waals surface area contributed by atoms with Crippen molar-refractivity contribution in [3.8, 4) is 0 Å². The molecule has 0 aromatic heterocycles. The molecular formula is C13H18FNO. The first kappa shape index (κ1) is 12.8. The molecule has 2 nitrogen and oxygen atoms in total. The van der Waals surface area contributed by atoms with Gasteiger partial charge in [0.2, 0.25) is 0 Å². The van der Waals surface area contributed by atoms with Crippen LogP contribution < -0.4 is 0 Å². The van der Waals surface area contributed by atoms with Gasteiger partial charge >= 0.3 is 0 Å². The monoisotopic (exact) mass is 223 g/mol. The Balaban J connectivity index is 0.000000165. The van der Waals surface area contributed by atoms with Crippen LogP contribution in [0.15, 0.2) is 24.3 Å². The third-order valence-electron chi connectivity index (χ3n) is 2.59. The highest BCUT2D eigenvalue weighted by molar-refractivity contribution is 5.74. The number of nitrogens with zero attached hydrogens (tertiary/aromatic N) is 1. The van der Waals surface area contributed by atoms with Crippen LogP contribution in [-0.4, -0.2) is 31.3 Å². The molecule has 0 unspecified atom stereocenters. The summed E-state index contributed by atoms with van der Waals surface area (Å²) in [6, 6.07) is 5.37. The van der Waals surface area contributed by atoms with E-state index in [1.54, 1.807) is 0 Å². The van der Waals surface area contributed by atoms with Crippen molar-refractivity contribution in [1.29, 1.82) is 0 Å². The fraction of sp³-hybridized carbons (Fsp3) is 0.462. The number of halogens is 1. The van der Waals surface area contributed by atoms with Gasteiger partial charge in [0.25, 0.3) is 0 Å². The Bertz CT molecular complexity index is 304. The van der Waals surface area contributed by atoms with Crippen molar-refractivity contribution in [3.63, 3.8) is 0 Å². The minimum atomic E-state index is -0.319. The van der Waals surface area contributed by atoms with Gasteiger partial charge in [-0.1, -0.05) is 6.42 Å². The maximum atomic E-state index is 12.1. The zero-order valence-electron chi connectivity index (χ0n) is 9.66. The van der Waals surface area contributed by atoms with Crippen molar-refractivity contribution in [1.82, 2.24) is 4.90 Å². The summed E-state index contributed by atoms with van der Waals surface area (Å²) >= 11 is 0. The molecule has 2 rings (SSSR count). The lowest BCUT2D eigenvalue weighted by atomic mass is 10.1. The molecule has 0 atom stereocenters. The quantitative estimate of drug-likeness (QED) is 0.682. The Morgan fingerprint density at radius 2 is 1.69 bits per heavy atom. The van der Waals surface area contributed by atoms with E-state index < -0.39 is 0 Å². The third kappa shape index (κ3) is 5.03. The predicted octanol–water partition coefficient (Wildman–Crippen LogP) is 2.74. The van der Waals surface area contributed by atoms with Gasteiger partial charge in [-0.15, -0.1) is 0 Å². The smallest absolute Gasteiger partial charge is 0.150 e. The fourth-order valence-electron chi connectivity index (χ4n) is 1.59. The lowest BCUT2D eigenvalue weighted by molar-refractivity contribution is 0.112. The van der Waals surface area contributed by atoms with Crippen LogP contribution in [0.25, 0.3) is 0 Å². The van der Waals surface area contributed by atoms with E-state index in [0.29, 0.717) is 11.8 Å². The Morgan fingerprint density at radius 1 is 1.12 bits per heavy atom. The van der Waals surface area contributed by atoms with Crippen LogP contribution in [0.1, 0.15) is 29.6 Å². The molecule has 1 aromatic rings. The van der Waals surface area contributed by atoms with E-state index in [2.05, 4.69) is 11.9 Å². The van der Waals surface area contributed by atoms with Crippen LogP contribution in [0.3, 0.4) is 0 Å². The maximum absolute atomic E-state index is 12.1. The van der Waals surface area contributed by atoms with Crippen LogP contribution in [0.5, 0.6) is 0 Å². The van der Waals surface area contributed by atoms with Crippen LogP contribution in [-0.2, 0) is 0 Å². The summed E-state index contributed by atoms with van der Waals surface area (Å²) in [5.41, 5.74) is 0.497. The van der Waals surface area contributed by atoms with E-state index in [1.165, 1.54) is 56.6 Å². The predicted molar refractivity (Wildman–Crippen MR) is 63.1 cm³/mol. The summed E-state index contributed by atoms with van der Waals surface area (Å²) in [5, 5.41) is 0. The number of likely N-dealkylation sites (tertiary alicyclic amines) is 1. The first-order valence-electron chi connectivity index (χ1n) is 5.61. The molecule has 0 radical (unpaired) electrons. The lowest BCUT2D eigenvalue weighted by Gasteiger charge is -2.20. The lowest BCUT2D eigenvalue weighted by Crippen LogP contribution is -2.24. The Labute approximate surface area is 96.1 Å². The molecule has 1 saturated heterocycles. The van der Waals surface area contributed by atoms with Gasteiger partial charge in [0.05, 0.1) is 0 Å². The summed E-state index contributed by atoms with van der Waals surface area (Å²) in [5.74, 6) is -0.319. The molecule has 0 N–H and O–H groups in total. The highest BCUT2D eigenvalue weighted by atomic mass is 19.1. The molecule has 0 spiro atoms. The van der Waals surface area contributed by atoms with Crippen molar-refractivity contribution in [3.05, 3.63) is 35.6 Å². The molecule has 3 heteroatoms. The number of benzene rings is 1. The molecule has 1 fully saturated rings. The fourth-order valence-corrected chi connectivity index (χ4v) is 1.59.